The number of aromatic nitrogens is 4. The molecule has 2 aliphatic carbocycles. The van der Waals surface area contributed by atoms with Crippen LogP contribution in [0.3, 0.4) is 0 Å². The van der Waals surface area contributed by atoms with Crippen LogP contribution in [0.1, 0.15) is 138 Å². The summed E-state index contributed by atoms with van der Waals surface area (Å²) in [6.07, 6.45) is 16.3. The summed E-state index contributed by atoms with van der Waals surface area (Å²) in [6.45, 7) is 7.60. The van der Waals surface area contributed by atoms with Crippen LogP contribution >= 0.6 is 24.4 Å². The number of carboxylic acids is 4. The molecule has 0 fully saturated rings. The van der Waals surface area contributed by atoms with Gasteiger partial charge in [-0.05, 0) is 317 Å². The number of carbonyl (C=O) groups excluding carboxylic acids is 4. The fourth-order valence-electron chi connectivity index (χ4n) is 18.9. The largest absolute Gasteiger partial charge is 2.00 e. The third kappa shape index (κ3) is 15.8. The molecule has 1 atom stereocenters. The minimum atomic E-state index is -1.28. The second-order valence-electron chi connectivity index (χ2n) is 31.5. The third-order valence-corrected chi connectivity index (χ3v) is 24.3. The van der Waals surface area contributed by atoms with E-state index in [1.165, 1.54) is 87.4 Å². The Morgan fingerprint density at radius 3 is 1.12 bits per heavy atom. The number of para-hydroxylation sites is 1. The maximum absolute atomic E-state index is 15.4. The van der Waals surface area contributed by atoms with Gasteiger partial charge in [0.25, 0.3) is 23.6 Å². The van der Waals surface area contributed by atoms with Crippen molar-refractivity contribution in [2.45, 2.75) is 38.5 Å². The van der Waals surface area contributed by atoms with Gasteiger partial charge in [-0.1, -0.05) is 176 Å². The maximum atomic E-state index is 15.4. The minimum Gasteiger partial charge on any atom is -0.753 e. The number of aromatic carboxylic acids is 4. The van der Waals surface area contributed by atoms with Crippen LogP contribution in [0.4, 0.5) is 11.4 Å². The molecule has 137 heavy (non-hydrogen) atoms. The molecular formula is C114H60N8O12RuS2. The van der Waals surface area contributed by atoms with Crippen LogP contribution in [0.2, 0.25) is 0 Å². The van der Waals surface area contributed by atoms with Crippen LogP contribution in [-0.2, 0) is 30.3 Å². The molecule has 20 rings (SSSR count). The topological polar surface area (TPSA) is 320 Å². The zero-order chi connectivity index (χ0) is 95.7. The van der Waals surface area contributed by atoms with Crippen LogP contribution in [0.25, 0.3) is 121 Å². The molecule has 4 aromatic heterocycles. The van der Waals surface area contributed by atoms with Gasteiger partial charge >= 0.3 is 43.4 Å². The van der Waals surface area contributed by atoms with E-state index < -0.39 is 58.3 Å². The van der Waals surface area contributed by atoms with E-state index in [0.717, 1.165) is 110 Å². The number of anilines is 2. The van der Waals surface area contributed by atoms with Crippen LogP contribution < -0.4 is 9.80 Å². The van der Waals surface area contributed by atoms with E-state index in [1.54, 1.807) is 24.3 Å². The number of fused-ring (bicyclic) bond motifs is 8. The number of amides is 4. The number of terminal acetylenes is 2. The number of hydrogen-bond donors (Lipinski definition) is 4. The number of imide groups is 2. The van der Waals surface area contributed by atoms with Gasteiger partial charge < -0.3 is 31.2 Å². The average Bonchev–Trinajstić information content (AvgIpc) is 1.34. The van der Waals surface area contributed by atoms with Gasteiger partial charge in [-0.3, -0.25) is 39.1 Å². The van der Waals surface area contributed by atoms with E-state index in [-0.39, 0.29) is 53.1 Å². The molecule has 20 nitrogen and oxygen atoms in total. The second-order valence-corrected chi connectivity index (χ2v) is 31.9. The smallest absolute Gasteiger partial charge is 0.753 e. The second kappa shape index (κ2) is 37.7. The van der Waals surface area contributed by atoms with Crippen molar-refractivity contribution in [3.8, 4) is 163 Å². The number of thiocarbonyl (C=S) groups is 2. The van der Waals surface area contributed by atoms with Crippen LogP contribution in [0.5, 0.6) is 0 Å². The summed E-state index contributed by atoms with van der Waals surface area (Å²) >= 11 is 7.40. The first-order valence-electron chi connectivity index (χ1n) is 41.4. The molecule has 0 saturated carbocycles. The fourth-order valence-corrected chi connectivity index (χ4v) is 18.9. The first-order valence-corrected chi connectivity index (χ1v) is 42.3. The molecule has 6 heterocycles. The van der Waals surface area contributed by atoms with Crippen molar-refractivity contribution in [3.63, 3.8) is 0 Å². The van der Waals surface area contributed by atoms with Crippen molar-refractivity contribution in [2.75, 3.05) is 9.80 Å². The molecule has 4 N–H and O–H groups in total. The molecule has 23 heteroatoms. The third-order valence-electron chi connectivity index (χ3n) is 24.3. The van der Waals surface area contributed by atoms with E-state index in [9.17, 15) is 39.0 Å². The van der Waals surface area contributed by atoms with Crippen molar-refractivity contribution >= 4 is 137 Å². The fraction of sp³-hybridized carbons (Fsp3) is 0.0526. The van der Waals surface area contributed by atoms with Crippen molar-refractivity contribution in [1.82, 2.24) is 19.9 Å². The van der Waals surface area contributed by atoms with Gasteiger partial charge in [-0.25, -0.2) is 29.0 Å². The molecule has 0 radical (unpaired) electrons. The van der Waals surface area contributed by atoms with Crippen LogP contribution in [0.15, 0.2) is 255 Å². The SMILES string of the molecule is C#CC#CC#CC#CC1(C#CC#CC#CC#C)c2ccccc2-c2cc3c(cc21)-c1ccccc1C3(c1ccc(-c2cc(C)c(N3C(=O)c4ccc5c6ccc7c8c(ccc(c9ccc(c4c59)C3=O)c86)C(=O)N(c3c(C)cccc3C)C7=O)c(C)c2)cc1)c1ccc(-c2cnc(-c3cc(C(=O)O)ccn3)cc2C(=O)O)cc1.O=C(O)c1ccnc(-c2cc(C(=O)O)ccn2)c1.[N-]=C=S.[N-]=C=S.[Ru+2]. The zero-order valence-corrected chi connectivity index (χ0v) is 75.6. The molecule has 0 bridgehead atoms. The summed E-state index contributed by atoms with van der Waals surface area (Å²) in [6, 6.07) is 70.7. The van der Waals surface area contributed by atoms with Gasteiger partial charge in [0.2, 0.25) is 0 Å². The predicted octanol–water partition coefficient (Wildman–Crippen LogP) is 20.5. The van der Waals surface area contributed by atoms with Crippen molar-refractivity contribution in [1.29, 1.82) is 0 Å². The van der Waals surface area contributed by atoms with Crippen molar-refractivity contribution in [3.05, 3.63) is 366 Å². The summed E-state index contributed by atoms with van der Waals surface area (Å²) in [7, 11) is 0. The summed E-state index contributed by atoms with van der Waals surface area (Å²) in [5.74, 6) is 32.8. The molecule has 648 valence electrons. The molecule has 16 aromatic rings. The van der Waals surface area contributed by atoms with E-state index in [4.69, 9.17) is 33.9 Å². The number of rotatable bonds is 12. The van der Waals surface area contributed by atoms with Gasteiger partial charge in [0, 0.05) is 63.4 Å². The first kappa shape index (κ1) is 91.7. The zero-order valence-electron chi connectivity index (χ0n) is 72.2. The Labute approximate surface area is 806 Å². The number of pyridine rings is 4. The molecule has 12 aromatic carbocycles. The van der Waals surface area contributed by atoms with E-state index >= 15 is 9.59 Å². The van der Waals surface area contributed by atoms with Gasteiger partial charge in [0.15, 0.2) is 0 Å². The van der Waals surface area contributed by atoms with Crippen LogP contribution in [-0.4, -0.2) is 98.2 Å². The monoisotopic (exact) mass is 1900 g/mol. The number of carbonyl (C=O) groups is 8. The molecule has 4 amide bonds. The molecule has 0 spiro atoms. The Morgan fingerprint density at radius 1 is 0.343 bits per heavy atom. The molecule has 2 aliphatic heterocycles. The van der Waals surface area contributed by atoms with Gasteiger partial charge in [0.05, 0.1) is 61.8 Å². The maximum Gasteiger partial charge on any atom is 2.00 e. The Morgan fingerprint density at radius 2 is 0.708 bits per heavy atom. The minimum absolute atomic E-state index is 0. The summed E-state index contributed by atoms with van der Waals surface area (Å²) in [5, 5.41) is 61.0. The molecule has 1 unspecified atom stereocenters. The average molecular weight is 1900 g/mol. The van der Waals surface area contributed by atoms with Gasteiger partial charge in [-0.15, -0.1) is 12.8 Å². The molecular weight excluding hydrogens is 1840 g/mol. The first-order chi connectivity index (χ1) is 65.9. The summed E-state index contributed by atoms with van der Waals surface area (Å²) in [5.41, 5.74) is 15.6. The standard InChI is InChI=1S/C100H52N4O8.C12H8N2O4.2CNS.Ru/c1-7-9-11-13-15-21-47-99(48-22-16-14-12-10-8-2)81-28-19-17-26-67(81)77-54-84-78(53-83(77)99)68-27-18-20-29-82(68)100(84,66-36-32-62(33-37-66)80-56-102-86(55-79(80)98(111)112)85-52-63(97(109)110)46-49-101-85)65-34-30-61(31-35-65)64-50-59(5)92(60(6)51-64)104-95(107)75-44-40-71-69-38-42-73-89-74(94(106)103(93(73)105)91-57(3)24-23-25-58(91)4)43-39-70(87(69)89)72-41-45-76(96(104)108)90(75)88(71)72;15-11(16)7-1-3-13-9(5-7)10-6-8(12(17)18)2-4-14-10;2*2-1-3;/h1-2,17-20,23-46,49-56H,3-6H3,(H,109,110)(H,111,112);1-6H,(H,15,16)(H,17,18);;;/q;;2*-1;+2. The Balaban J connectivity index is 0.000000478. The van der Waals surface area contributed by atoms with Crippen molar-refractivity contribution < 1.29 is 78.3 Å². The number of aryl methyl sites for hydroxylation is 4. The molecule has 0 saturated heterocycles. The van der Waals surface area contributed by atoms with E-state index in [2.05, 4.69) is 176 Å². The number of hydrogen-bond acceptors (Lipinski definition) is 14. The number of isothiocyanates is 2. The summed E-state index contributed by atoms with van der Waals surface area (Å²) < 4.78 is 0. The quantitative estimate of drug-likeness (QED) is 0.0168. The Bertz CT molecular complexity index is 8390. The normalized spacial score (nSPS) is 12.9. The summed E-state index contributed by atoms with van der Waals surface area (Å²) in [4.78, 5) is 126. The van der Waals surface area contributed by atoms with Crippen LogP contribution in [0, 0.1) is 123 Å². The van der Waals surface area contributed by atoms with Gasteiger partial charge in [-0.2, -0.15) is 10.3 Å². The predicted molar refractivity (Wildman–Crippen MR) is 529 cm³/mol. The number of nitrogens with zero attached hydrogens (tertiary/aromatic N) is 8. The molecule has 4 aliphatic rings. The Hall–Kier alpha value is -18.6. The number of carboxylic acid groups (broad SMARTS) is 4. The van der Waals surface area contributed by atoms with Crippen molar-refractivity contribution in [2.24, 2.45) is 0 Å². The van der Waals surface area contributed by atoms with Gasteiger partial charge in [0.1, 0.15) is 5.41 Å². The van der Waals surface area contributed by atoms with E-state index in [0.29, 0.717) is 78.0 Å². The Kier molecular flexibility index (Phi) is 25.2. The van der Waals surface area contributed by atoms with E-state index in [1.807, 2.05) is 143 Å². The number of benzene rings is 12.